The molecular formula is C20H28IN3O2S. The minimum atomic E-state index is -3.35. The van der Waals surface area contributed by atoms with E-state index in [9.17, 15) is 8.42 Å². The first kappa shape index (κ1) is 23.4. The first-order chi connectivity index (χ1) is 12.4. The van der Waals surface area contributed by atoms with Crippen molar-refractivity contribution in [3.8, 4) is 0 Å². The Morgan fingerprint density at radius 2 is 1.59 bits per heavy atom. The van der Waals surface area contributed by atoms with Gasteiger partial charge in [-0.3, -0.25) is 0 Å². The molecule has 2 aromatic rings. The number of sulfone groups is 1. The molecule has 148 valence electrons. The van der Waals surface area contributed by atoms with Crippen LogP contribution in [0.2, 0.25) is 0 Å². The molecule has 1 atom stereocenters. The summed E-state index contributed by atoms with van der Waals surface area (Å²) in [6.07, 6.45) is 0.685. The van der Waals surface area contributed by atoms with Crippen molar-refractivity contribution in [1.82, 2.24) is 10.2 Å². The minimum Gasteiger partial charge on any atom is -0.352 e. The Hall–Kier alpha value is -1.61. The van der Waals surface area contributed by atoms with Crippen LogP contribution in [0.4, 0.5) is 0 Å². The minimum absolute atomic E-state index is 0. The second-order valence-corrected chi connectivity index (χ2v) is 8.40. The Balaban J connectivity index is 0.00000364. The molecule has 1 unspecified atom stereocenters. The van der Waals surface area contributed by atoms with Crippen LogP contribution < -0.4 is 5.32 Å². The molecule has 7 heteroatoms. The number of benzene rings is 2. The van der Waals surface area contributed by atoms with Gasteiger partial charge in [-0.05, 0) is 24.1 Å². The van der Waals surface area contributed by atoms with E-state index in [1.54, 1.807) is 24.3 Å². The molecule has 0 fully saturated rings. The lowest BCUT2D eigenvalue weighted by molar-refractivity contribution is 0.529. The van der Waals surface area contributed by atoms with Crippen molar-refractivity contribution >= 4 is 39.8 Å². The van der Waals surface area contributed by atoms with Crippen LogP contribution in [0.5, 0.6) is 0 Å². The monoisotopic (exact) mass is 501 g/mol. The van der Waals surface area contributed by atoms with Gasteiger partial charge in [0.05, 0.1) is 17.2 Å². The lowest BCUT2D eigenvalue weighted by atomic mass is 10.2. The van der Waals surface area contributed by atoms with Gasteiger partial charge >= 0.3 is 0 Å². The van der Waals surface area contributed by atoms with Crippen molar-refractivity contribution in [1.29, 1.82) is 0 Å². The maximum absolute atomic E-state index is 12.6. The molecule has 0 saturated carbocycles. The van der Waals surface area contributed by atoms with Gasteiger partial charge in [0.1, 0.15) is 0 Å². The van der Waals surface area contributed by atoms with Gasteiger partial charge in [0.25, 0.3) is 0 Å². The summed E-state index contributed by atoms with van der Waals surface area (Å²) in [4.78, 5) is 6.85. The molecule has 5 nitrogen and oxygen atoms in total. The number of nitrogens with zero attached hydrogens (tertiary/aromatic N) is 2. The molecule has 0 aliphatic rings. The van der Waals surface area contributed by atoms with Gasteiger partial charge in [-0.1, -0.05) is 55.5 Å². The molecule has 0 aliphatic heterocycles. The number of hydrogen-bond donors (Lipinski definition) is 1. The summed E-state index contributed by atoms with van der Waals surface area (Å²) in [5.74, 6) is 0.718. The normalized spacial score (nSPS) is 12.8. The summed E-state index contributed by atoms with van der Waals surface area (Å²) in [6.45, 7) is 2.52. The molecule has 0 saturated heterocycles. The first-order valence-electron chi connectivity index (χ1n) is 8.72. The molecule has 0 aromatic heterocycles. The summed E-state index contributed by atoms with van der Waals surface area (Å²) in [5.41, 5.74) is 1.11. The number of aliphatic imine (C=N–C) groups is 1. The fourth-order valence-corrected chi connectivity index (χ4v) is 4.11. The third-order valence-electron chi connectivity index (χ3n) is 4.03. The van der Waals surface area contributed by atoms with Crippen molar-refractivity contribution in [2.24, 2.45) is 4.99 Å². The maximum atomic E-state index is 12.6. The SMILES string of the molecule is CCC(CS(=O)(=O)c1ccccc1)NC(=NCc1ccccc1)N(C)C.I. The van der Waals surface area contributed by atoms with Crippen LogP contribution in [0, 0.1) is 0 Å². The fraction of sp³-hybridized carbons (Fsp3) is 0.350. The van der Waals surface area contributed by atoms with Gasteiger partial charge in [-0.25, -0.2) is 13.4 Å². The summed E-state index contributed by atoms with van der Waals surface area (Å²) in [7, 11) is 0.450. The van der Waals surface area contributed by atoms with E-state index in [1.807, 2.05) is 62.3 Å². The average molecular weight is 501 g/mol. The summed E-state index contributed by atoms with van der Waals surface area (Å²) >= 11 is 0. The lowest BCUT2D eigenvalue weighted by Gasteiger charge is -2.24. The molecule has 0 spiro atoms. The number of halogens is 1. The largest absolute Gasteiger partial charge is 0.352 e. The Labute approximate surface area is 179 Å². The van der Waals surface area contributed by atoms with E-state index in [0.29, 0.717) is 23.8 Å². The molecule has 0 aliphatic carbocycles. The van der Waals surface area contributed by atoms with Crippen molar-refractivity contribution in [2.75, 3.05) is 19.8 Å². The highest BCUT2D eigenvalue weighted by Crippen LogP contribution is 2.12. The average Bonchev–Trinajstić information content (AvgIpc) is 2.65. The van der Waals surface area contributed by atoms with Crippen LogP contribution in [0.1, 0.15) is 18.9 Å². The lowest BCUT2D eigenvalue weighted by Crippen LogP contribution is -2.45. The topological polar surface area (TPSA) is 61.8 Å². The van der Waals surface area contributed by atoms with E-state index in [1.165, 1.54) is 0 Å². The molecular weight excluding hydrogens is 473 g/mol. The Morgan fingerprint density at radius 1 is 1.04 bits per heavy atom. The van der Waals surface area contributed by atoms with Crippen LogP contribution in [-0.2, 0) is 16.4 Å². The Morgan fingerprint density at radius 3 is 2.11 bits per heavy atom. The standard InChI is InChI=1S/C20H27N3O2S.HI/c1-4-18(16-26(24,25)19-13-9-6-10-14-19)22-20(23(2)3)21-15-17-11-7-5-8-12-17;/h5-14,18H,4,15-16H2,1-3H3,(H,21,22);1H. The van der Waals surface area contributed by atoms with Gasteiger partial charge < -0.3 is 10.2 Å². The summed E-state index contributed by atoms with van der Waals surface area (Å²) < 4.78 is 25.3. The molecule has 1 N–H and O–H groups in total. The summed E-state index contributed by atoms with van der Waals surface area (Å²) in [5, 5.41) is 3.30. The van der Waals surface area contributed by atoms with Gasteiger partial charge in [0.2, 0.25) is 0 Å². The van der Waals surface area contributed by atoms with Gasteiger partial charge in [-0.2, -0.15) is 0 Å². The predicted octanol–water partition coefficient (Wildman–Crippen LogP) is 3.56. The van der Waals surface area contributed by atoms with Crippen LogP contribution in [0.3, 0.4) is 0 Å². The highest BCUT2D eigenvalue weighted by atomic mass is 127. The van der Waals surface area contributed by atoms with Crippen molar-refractivity contribution < 1.29 is 8.42 Å². The molecule has 2 aromatic carbocycles. The van der Waals surface area contributed by atoms with Crippen molar-refractivity contribution in [3.05, 3.63) is 66.2 Å². The maximum Gasteiger partial charge on any atom is 0.193 e. The van der Waals surface area contributed by atoms with Gasteiger partial charge in [0, 0.05) is 20.1 Å². The molecule has 0 amide bonds. The van der Waals surface area contributed by atoms with Crippen LogP contribution in [0.15, 0.2) is 70.6 Å². The number of nitrogens with one attached hydrogen (secondary N) is 1. The highest BCUT2D eigenvalue weighted by Gasteiger charge is 2.21. The van der Waals surface area contributed by atoms with Crippen molar-refractivity contribution in [3.63, 3.8) is 0 Å². The predicted molar refractivity (Wildman–Crippen MR) is 122 cm³/mol. The fourth-order valence-electron chi connectivity index (χ4n) is 2.50. The number of guanidine groups is 1. The van der Waals surface area contributed by atoms with Crippen molar-refractivity contribution in [2.45, 2.75) is 30.8 Å². The van der Waals surface area contributed by atoms with E-state index < -0.39 is 9.84 Å². The third kappa shape index (κ3) is 7.50. The summed E-state index contributed by atoms with van der Waals surface area (Å²) in [6, 6.07) is 18.3. The number of hydrogen-bond acceptors (Lipinski definition) is 3. The molecule has 0 heterocycles. The second-order valence-electron chi connectivity index (χ2n) is 6.36. The molecule has 0 radical (unpaired) electrons. The van der Waals surface area contributed by atoms with E-state index in [-0.39, 0.29) is 35.8 Å². The first-order valence-corrected chi connectivity index (χ1v) is 10.4. The smallest absolute Gasteiger partial charge is 0.193 e. The van der Waals surface area contributed by atoms with Crippen LogP contribution >= 0.6 is 24.0 Å². The molecule has 2 rings (SSSR count). The van der Waals surface area contributed by atoms with E-state index in [0.717, 1.165) is 5.56 Å². The Kier molecular flexibility index (Phi) is 9.79. The van der Waals surface area contributed by atoms with Crippen LogP contribution in [-0.4, -0.2) is 45.2 Å². The van der Waals surface area contributed by atoms with Crippen LogP contribution in [0.25, 0.3) is 0 Å². The zero-order valence-electron chi connectivity index (χ0n) is 16.0. The Bertz CT molecular complexity index is 810. The van der Waals surface area contributed by atoms with E-state index in [2.05, 4.69) is 10.3 Å². The molecule has 0 bridgehead atoms. The second kappa shape index (κ2) is 11.3. The molecule has 27 heavy (non-hydrogen) atoms. The zero-order chi connectivity index (χ0) is 19.0. The third-order valence-corrected chi connectivity index (χ3v) is 5.86. The van der Waals surface area contributed by atoms with Gasteiger partial charge in [0.15, 0.2) is 15.8 Å². The van der Waals surface area contributed by atoms with E-state index in [4.69, 9.17) is 0 Å². The van der Waals surface area contributed by atoms with E-state index >= 15 is 0 Å². The van der Waals surface area contributed by atoms with Gasteiger partial charge in [-0.15, -0.1) is 24.0 Å². The highest BCUT2D eigenvalue weighted by molar-refractivity contribution is 14.0. The quantitative estimate of drug-likeness (QED) is 0.358. The number of rotatable bonds is 7. The zero-order valence-corrected chi connectivity index (χ0v) is 19.1.